The average Bonchev–Trinajstić information content (AvgIpc) is 2.26. The highest BCUT2D eigenvalue weighted by molar-refractivity contribution is 6.31. The van der Waals surface area contributed by atoms with Crippen molar-refractivity contribution < 1.29 is 14.7 Å². The first-order valence-corrected chi connectivity index (χ1v) is 5.79. The average molecular weight is 271 g/mol. The number of amides is 1. The van der Waals surface area contributed by atoms with Gasteiger partial charge in [-0.3, -0.25) is 4.79 Å². The molecule has 0 aliphatic rings. The molecule has 0 saturated heterocycles. The van der Waals surface area contributed by atoms with Crippen molar-refractivity contribution in [1.82, 2.24) is 0 Å². The third kappa shape index (κ3) is 3.72. The molecule has 0 fully saturated rings. The fraction of sp³-hybridized carbons (Fsp3) is 0.333. The van der Waals surface area contributed by atoms with E-state index in [4.69, 9.17) is 22.4 Å². The van der Waals surface area contributed by atoms with E-state index in [2.05, 4.69) is 5.32 Å². The maximum Gasteiger partial charge on any atom is 0.335 e. The Balaban J connectivity index is 2.91. The van der Waals surface area contributed by atoms with E-state index in [1.165, 1.54) is 18.2 Å². The standard InChI is InChI=1S/C12H15ClN2O3/c1-6(7(2)14)11(16)15-10-4-8(12(17)18)3-9(13)5-10/h3-7H,14H2,1-2H3,(H,15,16)(H,17,18). The molecule has 2 unspecified atom stereocenters. The molecule has 1 aromatic rings. The molecule has 0 aromatic heterocycles. The molecule has 5 nitrogen and oxygen atoms in total. The Morgan fingerprint density at radius 1 is 1.33 bits per heavy atom. The second-order valence-electron chi connectivity index (χ2n) is 4.17. The van der Waals surface area contributed by atoms with Gasteiger partial charge >= 0.3 is 5.97 Å². The zero-order valence-electron chi connectivity index (χ0n) is 10.1. The first-order chi connectivity index (χ1) is 8.31. The maximum absolute atomic E-state index is 11.8. The minimum atomic E-state index is -1.10. The summed E-state index contributed by atoms with van der Waals surface area (Å²) in [7, 11) is 0. The van der Waals surface area contributed by atoms with Gasteiger partial charge in [-0.25, -0.2) is 4.79 Å². The van der Waals surface area contributed by atoms with Crippen LogP contribution in [-0.2, 0) is 4.79 Å². The van der Waals surface area contributed by atoms with Crippen molar-refractivity contribution in [2.75, 3.05) is 5.32 Å². The number of benzene rings is 1. The van der Waals surface area contributed by atoms with Gasteiger partial charge in [0.1, 0.15) is 0 Å². The predicted molar refractivity (Wildman–Crippen MR) is 69.9 cm³/mol. The molecule has 0 aliphatic carbocycles. The summed E-state index contributed by atoms with van der Waals surface area (Å²) in [5, 5.41) is 11.7. The van der Waals surface area contributed by atoms with Crippen molar-refractivity contribution in [2.24, 2.45) is 11.7 Å². The Kier molecular flexibility index (Phi) is 4.69. The lowest BCUT2D eigenvalue weighted by atomic mass is 10.0. The fourth-order valence-corrected chi connectivity index (χ4v) is 1.52. The number of hydrogen-bond acceptors (Lipinski definition) is 3. The van der Waals surface area contributed by atoms with Gasteiger partial charge in [-0.1, -0.05) is 18.5 Å². The van der Waals surface area contributed by atoms with Crippen LogP contribution in [0, 0.1) is 5.92 Å². The minimum Gasteiger partial charge on any atom is -0.478 e. The molecule has 1 amide bonds. The number of anilines is 1. The monoisotopic (exact) mass is 270 g/mol. The molecule has 0 spiro atoms. The predicted octanol–water partition coefficient (Wildman–Crippen LogP) is 1.96. The van der Waals surface area contributed by atoms with Crippen LogP contribution in [0.4, 0.5) is 5.69 Å². The summed E-state index contributed by atoms with van der Waals surface area (Å²) >= 11 is 5.78. The highest BCUT2D eigenvalue weighted by Crippen LogP contribution is 2.20. The van der Waals surface area contributed by atoms with Gasteiger partial charge < -0.3 is 16.2 Å². The Morgan fingerprint density at radius 2 is 1.94 bits per heavy atom. The lowest BCUT2D eigenvalue weighted by Gasteiger charge is -2.15. The van der Waals surface area contributed by atoms with E-state index in [-0.39, 0.29) is 28.5 Å². The number of carbonyl (C=O) groups excluding carboxylic acids is 1. The first-order valence-electron chi connectivity index (χ1n) is 5.41. The number of carboxylic acid groups (broad SMARTS) is 1. The molecule has 0 heterocycles. The Labute approximate surface area is 110 Å². The highest BCUT2D eigenvalue weighted by atomic mass is 35.5. The number of halogens is 1. The van der Waals surface area contributed by atoms with Crippen LogP contribution in [0.1, 0.15) is 24.2 Å². The molecule has 0 radical (unpaired) electrons. The number of rotatable bonds is 4. The Bertz CT molecular complexity index is 474. The van der Waals surface area contributed by atoms with Crippen molar-refractivity contribution in [3.8, 4) is 0 Å². The van der Waals surface area contributed by atoms with Crippen LogP contribution in [-0.4, -0.2) is 23.0 Å². The topological polar surface area (TPSA) is 92.4 Å². The summed E-state index contributed by atoms with van der Waals surface area (Å²) in [6, 6.07) is 3.86. The van der Waals surface area contributed by atoms with Gasteiger partial charge in [-0.05, 0) is 25.1 Å². The van der Waals surface area contributed by atoms with Crippen LogP contribution >= 0.6 is 11.6 Å². The van der Waals surface area contributed by atoms with Gasteiger partial charge in [0.15, 0.2) is 0 Å². The van der Waals surface area contributed by atoms with E-state index in [1.54, 1.807) is 13.8 Å². The molecule has 1 rings (SSSR count). The lowest BCUT2D eigenvalue weighted by Crippen LogP contribution is -2.34. The summed E-state index contributed by atoms with van der Waals surface area (Å²) in [5.74, 6) is -1.76. The van der Waals surface area contributed by atoms with E-state index in [0.29, 0.717) is 5.69 Å². The third-order valence-electron chi connectivity index (χ3n) is 2.61. The maximum atomic E-state index is 11.8. The molecule has 2 atom stereocenters. The highest BCUT2D eigenvalue weighted by Gasteiger charge is 2.17. The fourth-order valence-electron chi connectivity index (χ4n) is 1.28. The number of nitrogens with one attached hydrogen (secondary N) is 1. The van der Waals surface area contributed by atoms with Crippen LogP contribution in [0.15, 0.2) is 18.2 Å². The largest absolute Gasteiger partial charge is 0.478 e. The van der Waals surface area contributed by atoms with Crippen molar-refractivity contribution in [3.63, 3.8) is 0 Å². The Morgan fingerprint density at radius 3 is 2.44 bits per heavy atom. The van der Waals surface area contributed by atoms with Crippen LogP contribution in [0.2, 0.25) is 5.02 Å². The van der Waals surface area contributed by atoms with Crippen molar-refractivity contribution in [3.05, 3.63) is 28.8 Å². The summed E-state index contributed by atoms with van der Waals surface area (Å²) < 4.78 is 0. The SMILES string of the molecule is CC(N)C(C)C(=O)Nc1cc(Cl)cc(C(=O)O)c1. The summed E-state index contributed by atoms with van der Waals surface area (Å²) in [5.41, 5.74) is 5.98. The molecule has 6 heteroatoms. The van der Waals surface area contributed by atoms with E-state index < -0.39 is 5.97 Å². The van der Waals surface area contributed by atoms with E-state index in [1.807, 2.05) is 0 Å². The zero-order chi connectivity index (χ0) is 13.9. The number of aromatic carboxylic acids is 1. The zero-order valence-corrected chi connectivity index (χ0v) is 10.9. The van der Waals surface area contributed by atoms with E-state index in [9.17, 15) is 9.59 Å². The first kappa shape index (κ1) is 14.5. The molecule has 18 heavy (non-hydrogen) atoms. The quantitative estimate of drug-likeness (QED) is 0.780. The second-order valence-corrected chi connectivity index (χ2v) is 4.61. The van der Waals surface area contributed by atoms with E-state index >= 15 is 0 Å². The van der Waals surface area contributed by atoms with Gasteiger partial charge in [0.25, 0.3) is 0 Å². The van der Waals surface area contributed by atoms with Crippen molar-refractivity contribution >= 4 is 29.2 Å². The number of carbonyl (C=O) groups is 2. The number of hydrogen-bond donors (Lipinski definition) is 3. The smallest absolute Gasteiger partial charge is 0.335 e. The normalized spacial score (nSPS) is 13.8. The summed E-state index contributed by atoms with van der Waals surface area (Å²) in [4.78, 5) is 22.6. The van der Waals surface area contributed by atoms with Crippen LogP contribution in [0.3, 0.4) is 0 Å². The third-order valence-corrected chi connectivity index (χ3v) is 2.83. The Hall–Kier alpha value is -1.59. The summed E-state index contributed by atoms with van der Waals surface area (Å²) in [6.45, 7) is 3.42. The molecule has 4 N–H and O–H groups in total. The van der Waals surface area contributed by atoms with Gasteiger partial charge in [0.2, 0.25) is 5.91 Å². The van der Waals surface area contributed by atoms with Crippen molar-refractivity contribution in [2.45, 2.75) is 19.9 Å². The van der Waals surface area contributed by atoms with Crippen LogP contribution < -0.4 is 11.1 Å². The van der Waals surface area contributed by atoms with Crippen LogP contribution in [0.25, 0.3) is 0 Å². The summed E-state index contributed by atoms with van der Waals surface area (Å²) in [6.07, 6.45) is 0. The molecule has 0 aliphatic heterocycles. The van der Waals surface area contributed by atoms with E-state index in [0.717, 1.165) is 0 Å². The molecular weight excluding hydrogens is 256 g/mol. The number of nitrogens with two attached hydrogens (primary N) is 1. The number of carboxylic acids is 1. The molecule has 0 bridgehead atoms. The van der Waals surface area contributed by atoms with Gasteiger partial charge in [0.05, 0.1) is 11.5 Å². The van der Waals surface area contributed by atoms with Gasteiger partial charge in [-0.2, -0.15) is 0 Å². The van der Waals surface area contributed by atoms with Crippen molar-refractivity contribution in [1.29, 1.82) is 0 Å². The minimum absolute atomic E-state index is 0.0197. The molecular formula is C12H15ClN2O3. The van der Waals surface area contributed by atoms with Gasteiger partial charge in [0, 0.05) is 16.8 Å². The molecule has 1 aromatic carbocycles. The molecule has 0 saturated carbocycles. The second kappa shape index (κ2) is 5.84. The lowest BCUT2D eigenvalue weighted by molar-refractivity contribution is -0.119. The molecule has 98 valence electrons. The van der Waals surface area contributed by atoms with Crippen LogP contribution in [0.5, 0.6) is 0 Å². The van der Waals surface area contributed by atoms with Gasteiger partial charge in [-0.15, -0.1) is 0 Å².